The molecule has 0 aliphatic carbocycles. The molecule has 0 aliphatic heterocycles. The summed E-state index contributed by atoms with van der Waals surface area (Å²) in [6, 6.07) is 0. The van der Waals surface area contributed by atoms with Gasteiger partial charge < -0.3 is 15.8 Å². The predicted molar refractivity (Wildman–Crippen MR) is 81.1 cm³/mol. The van der Waals surface area contributed by atoms with Crippen LogP contribution in [0, 0.1) is 0 Å². The third-order valence-corrected chi connectivity index (χ3v) is 4.66. The Kier molecular flexibility index (Phi) is 6.01. The number of aromatic nitrogens is 2. The highest BCUT2D eigenvalue weighted by atomic mass is 32.2. The highest BCUT2D eigenvalue weighted by molar-refractivity contribution is 7.91. The smallest absolute Gasteiger partial charge is 0.345 e. The molecule has 8 nitrogen and oxygen atoms in total. The Balaban J connectivity index is 3.05. The van der Waals surface area contributed by atoms with Gasteiger partial charge in [-0.25, -0.2) is 17.9 Å². The van der Waals surface area contributed by atoms with Crippen molar-refractivity contribution < 1.29 is 17.9 Å². The Morgan fingerprint density at radius 1 is 1.43 bits per heavy atom. The highest BCUT2D eigenvalue weighted by Gasteiger charge is 2.23. The number of nitrogens with one attached hydrogen (secondary N) is 1. The van der Waals surface area contributed by atoms with Crippen LogP contribution >= 0.6 is 0 Å². The number of methoxy groups -OCH3 is 1. The predicted octanol–water partition coefficient (Wildman–Crippen LogP) is 0.508. The fourth-order valence-corrected chi connectivity index (χ4v) is 2.43. The maximum Gasteiger partial charge on any atom is 0.345 e. The highest BCUT2D eigenvalue weighted by Crippen LogP contribution is 2.22. The van der Waals surface area contributed by atoms with Crippen molar-refractivity contribution in [1.29, 1.82) is 0 Å². The molecule has 0 saturated heterocycles. The van der Waals surface area contributed by atoms with E-state index in [-0.39, 0.29) is 29.4 Å². The number of esters is 1. The SMILES string of the molecule is CCCNc1nn(CCS(=O)(=O)CC)c(N)c1C(=O)OC. The number of hydrogen-bond acceptors (Lipinski definition) is 7. The number of sulfone groups is 1. The largest absolute Gasteiger partial charge is 0.465 e. The van der Waals surface area contributed by atoms with Crippen molar-refractivity contribution in [3.63, 3.8) is 0 Å². The first-order valence-corrected chi connectivity index (χ1v) is 8.57. The standard InChI is InChI=1S/C12H22N4O4S/c1-4-6-14-11-9(12(17)20-3)10(13)16(15-11)7-8-21(18,19)5-2/h4-8,13H2,1-3H3,(H,14,15). The van der Waals surface area contributed by atoms with Crippen LogP contribution in [0.25, 0.3) is 0 Å². The van der Waals surface area contributed by atoms with E-state index in [1.54, 1.807) is 6.92 Å². The molecule has 0 atom stereocenters. The van der Waals surface area contributed by atoms with E-state index >= 15 is 0 Å². The molecule has 0 bridgehead atoms. The Bertz CT molecular complexity index is 595. The zero-order chi connectivity index (χ0) is 16.0. The lowest BCUT2D eigenvalue weighted by molar-refractivity contribution is 0.0603. The summed E-state index contributed by atoms with van der Waals surface area (Å²) in [5.41, 5.74) is 6.03. The van der Waals surface area contributed by atoms with Crippen molar-refractivity contribution >= 4 is 27.4 Å². The normalized spacial score (nSPS) is 11.4. The van der Waals surface area contributed by atoms with Gasteiger partial charge in [-0.1, -0.05) is 13.8 Å². The summed E-state index contributed by atoms with van der Waals surface area (Å²) in [7, 11) is -1.88. The Labute approximate surface area is 124 Å². The van der Waals surface area contributed by atoms with Gasteiger partial charge in [-0.2, -0.15) is 5.10 Å². The van der Waals surface area contributed by atoms with E-state index in [0.29, 0.717) is 12.4 Å². The second kappa shape index (κ2) is 7.30. The van der Waals surface area contributed by atoms with Crippen LogP contribution in [-0.2, 0) is 21.1 Å². The first kappa shape index (κ1) is 17.3. The van der Waals surface area contributed by atoms with Crippen LogP contribution in [-0.4, -0.2) is 49.3 Å². The quantitative estimate of drug-likeness (QED) is 0.671. The minimum Gasteiger partial charge on any atom is -0.465 e. The van der Waals surface area contributed by atoms with E-state index in [1.165, 1.54) is 11.8 Å². The van der Waals surface area contributed by atoms with Crippen molar-refractivity contribution in [2.75, 3.05) is 36.2 Å². The van der Waals surface area contributed by atoms with Gasteiger partial charge in [0.25, 0.3) is 0 Å². The number of nitrogens with zero attached hydrogens (tertiary/aromatic N) is 2. The van der Waals surface area contributed by atoms with Gasteiger partial charge in [0.15, 0.2) is 15.7 Å². The average Bonchev–Trinajstić information content (AvgIpc) is 2.78. The summed E-state index contributed by atoms with van der Waals surface area (Å²) in [6.45, 7) is 4.27. The second-order valence-corrected chi connectivity index (χ2v) is 6.96. The number of ether oxygens (including phenoxy) is 1. The number of aryl methyl sites for hydroxylation is 1. The number of carbonyl (C=O) groups is 1. The van der Waals surface area contributed by atoms with Crippen LogP contribution < -0.4 is 11.1 Å². The van der Waals surface area contributed by atoms with Crippen molar-refractivity contribution in [3.8, 4) is 0 Å². The number of carbonyl (C=O) groups excluding carboxylic acids is 1. The van der Waals surface area contributed by atoms with Gasteiger partial charge in [0, 0.05) is 12.3 Å². The van der Waals surface area contributed by atoms with Gasteiger partial charge in [0.05, 0.1) is 19.4 Å². The number of nitrogen functional groups attached to an aromatic ring is 1. The molecule has 21 heavy (non-hydrogen) atoms. The van der Waals surface area contributed by atoms with E-state index in [1.807, 2.05) is 6.92 Å². The molecule has 3 N–H and O–H groups in total. The minimum atomic E-state index is -3.13. The monoisotopic (exact) mass is 318 g/mol. The van der Waals surface area contributed by atoms with Crippen LogP contribution in [0.5, 0.6) is 0 Å². The Hall–Kier alpha value is -1.77. The molecule has 9 heteroatoms. The van der Waals surface area contributed by atoms with Crippen LogP contribution in [0.1, 0.15) is 30.6 Å². The molecular weight excluding hydrogens is 296 g/mol. The molecule has 0 fully saturated rings. The summed E-state index contributed by atoms with van der Waals surface area (Å²) in [5, 5.41) is 7.16. The molecule has 0 spiro atoms. The van der Waals surface area contributed by atoms with E-state index in [9.17, 15) is 13.2 Å². The fourth-order valence-electron chi connectivity index (χ4n) is 1.69. The van der Waals surface area contributed by atoms with Crippen molar-refractivity contribution in [2.24, 2.45) is 0 Å². The van der Waals surface area contributed by atoms with E-state index in [0.717, 1.165) is 6.42 Å². The van der Waals surface area contributed by atoms with Gasteiger partial charge in [-0.05, 0) is 6.42 Å². The number of nitrogens with two attached hydrogens (primary N) is 1. The van der Waals surface area contributed by atoms with Crippen LogP contribution in [0.15, 0.2) is 0 Å². The molecule has 0 saturated carbocycles. The van der Waals surface area contributed by atoms with Crippen molar-refractivity contribution in [1.82, 2.24) is 9.78 Å². The third-order valence-electron chi connectivity index (χ3n) is 2.98. The molecule has 1 aromatic rings. The van der Waals surface area contributed by atoms with Crippen LogP contribution in [0.4, 0.5) is 11.6 Å². The third kappa shape index (κ3) is 4.35. The summed E-state index contributed by atoms with van der Waals surface area (Å²) in [4.78, 5) is 11.8. The van der Waals surface area contributed by atoms with Gasteiger partial charge in [-0.3, -0.25) is 0 Å². The Morgan fingerprint density at radius 3 is 2.62 bits per heavy atom. The number of anilines is 2. The average molecular weight is 318 g/mol. The molecule has 1 heterocycles. The summed E-state index contributed by atoms with van der Waals surface area (Å²) in [6.07, 6.45) is 0.845. The first-order chi connectivity index (χ1) is 9.86. The lowest BCUT2D eigenvalue weighted by Gasteiger charge is -2.04. The maximum atomic E-state index is 11.8. The lowest BCUT2D eigenvalue weighted by Crippen LogP contribution is -2.17. The van der Waals surface area contributed by atoms with Gasteiger partial charge >= 0.3 is 5.97 Å². The topological polar surface area (TPSA) is 116 Å². The molecule has 0 radical (unpaired) electrons. The number of hydrogen-bond donors (Lipinski definition) is 2. The molecule has 1 aromatic heterocycles. The zero-order valence-corrected chi connectivity index (χ0v) is 13.4. The second-order valence-electron chi connectivity index (χ2n) is 4.49. The van der Waals surface area contributed by atoms with Gasteiger partial charge in [0.1, 0.15) is 11.4 Å². The summed E-state index contributed by atoms with van der Waals surface area (Å²) < 4.78 is 29.1. The van der Waals surface area contributed by atoms with E-state index in [4.69, 9.17) is 5.73 Å². The van der Waals surface area contributed by atoms with Crippen LogP contribution in [0.2, 0.25) is 0 Å². The fraction of sp³-hybridized carbons (Fsp3) is 0.667. The summed E-state index contributed by atoms with van der Waals surface area (Å²) in [5.74, 6) is -0.208. The number of rotatable bonds is 8. The zero-order valence-electron chi connectivity index (χ0n) is 12.5. The van der Waals surface area contributed by atoms with Crippen molar-refractivity contribution in [2.45, 2.75) is 26.8 Å². The molecule has 0 amide bonds. The first-order valence-electron chi connectivity index (χ1n) is 6.75. The minimum absolute atomic E-state index is 0.0545. The molecule has 0 aromatic carbocycles. The maximum absolute atomic E-state index is 11.8. The molecule has 0 aliphatic rings. The lowest BCUT2D eigenvalue weighted by atomic mass is 10.3. The van der Waals surface area contributed by atoms with Crippen molar-refractivity contribution in [3.05, 3.63) is 5.56 Å². The molecule has 120 valence electrons. The molecule has 0 unspecified atom stereocenters. The van der Waals surface area contributed by atoms with Gasteiger partial charge in [-0.15, -0.1) is 0 Å². The molecule has 1 rings (SSSR count). The van der Waals surface area contributed by atoms with Crippen LogP contribution in [0.3, 0.4) is 0 Å². The Morgan fingerprint density at radius 2 is 2.10 bits per heavy atom. The van der Waals surface area contributed by atoms with E-state index < -0.39 is 15.8 Å². The van der Waals surface area contributed by atoms with Gasteiger partial charge in [0.2, 0.25) is 0 Å². The molecular formula is C12H22N4O4S. The summed E-state index contributed by atoms with van der Waals surface area (Å²) >= 11 is 0. The van der Waals surface area contributed by atoms with E-state index in [2.05, 4.69) is 15.2 Å².